The highest BCUT2D eigenvalue weighted by Gasteiger charge is 2.32. The molecule has 0 aliphatic carbocycles. The monoisotopic (exact) mass is 495 g/mol. The van der Waals surface area contributed by atoms with Gasteiger partial charge in [-0.05, 0) is 37.3 Å². The maximum Gasteiger partial charge on any atom is 0.416 e. The molecule has 0 aliphatic heterocycles. The first-order chi connectivity index (χ1) is 14.3. The maximum absolute atomic E-state index is 13.7. The van der Waals surface area contributed by atoms with E-state index in [4.69, 9.17) is 23.2 Å². The van der Waals surface area contributed by atoms with Gasteiger partial charge in [0.1, 0.15) is 22.2 Å². The van der Waals surface area contributed by atoms with Crippen LogP contribution in [-0.4, -0.2) is 23.9 Å². The Bertz CT molecular complexity index is 1270. The number of carbonyl (C=O) groups excluding carboxylic acids is 1. The van der Waals surface area contributed by atoms with E-state index in [1.54, 1.807) is 4.72 Å². The number of imidazole rings is 1. The largest absolute Gasteiger partial charge is 0.416 e. The van der Waals surface area contributed by atoms with Gasteiger partial charge in [-0.2, -0.15) is 13.2 Å². The topological polar surface area (TPSA) is 81.1 Å². The number of halogens is 6. The zero-order valence-corrected chi connectivity index (χ0v) is 17.7. The minimum Gasteiger partial charge on any atom is -0.303 e. The summed E-state index contributed by atoms with van der Waals surface area (Å²) in [6.07, 6.45) is -3.82. The third kappa shape index (κ3) is 4.83. The molecule has 1 heterocycles. The molecule has 0 saturated carbocycles. The van der Waals surface area contributed by atoms with Crippen LogP contribution in [0.4, 0.5) is 17.6 Å². The number of nitrogens with one attached hydrogen (secondary N) is 1. The molecule has 0 bridgehead atoms. The Morgan fingerprint density at radius 2 is 1.74 bits per heavy atom. The zero-order valence-electron chi connectivity index (χ0n) is 15.3. The number of hydrogen-bond acceptors (Lipinski definition) is 4. The lowest BCUT2D eigenvalue weighted by molar-refractivity contribution is -0.137. The van der Waals surface area contributed by atoms with Crippen molar-refractivity contribution in [2.45, 2.75) is 18.0 Å². The van der Waals surface area contributed by atoms with Crippen molar-refractivity contribution in [1.29, 1.82) is 0 Å². The van der Waals surface area contributed by atoms with E-state index in [9.17, 15) is 30.8 Å². The number of alkyl halides is 3. The molecule has 0 atom stereocenters. The van der Waals surface area contributed by atoms with Gasteiger partial charge in [0.15, 0.2) is 0 Å². The van der Waals surface area contributed by atoms with Crippen LogP contribution in [0.25, 0.3) is 5.69 Å². The summed E-state index contributed by atoms with van der Waals surface area (Å²) >= 11 is 11.7. The standard InChI is InChI=1S/C18H11Cl2F4N3O3S/c1-9-25-15(8-27(9)12-6-10(18(22,23)24)5-11(21)7-12)17(28)26-31(29,30)16-13(19)3-2-4-14(16)20/h2-8H,1H3,(H,26,28). The quantitative estimate of drug-likeness (QED) is 0.529. The number of nitrogens with zero attached hydrogens (tertiary/aromatic N) is 2. The van der Waals surface area contributed by atoms with Crippen LogP contribution in [0, 0.1) is 12.7 Å². The molecular weight excluding hydrogens is 485 g/mol. The van der Waals surface area contributed by atoms with Gasteiger partial charge in [0.2, 0.25) is 0 Å². The Balaban J connectivity index is 1.96. The molecule has 1 aromatic heterocycles. The van der Waals surface area contributed by atoms with Crippen molar-refractivity contribution in [3.05, 3.63) is 75.5 Å². The molecule has 13 heteroatoms. The van der Waals surface area contributed by atoms with Gasteiger partial charge in [-0.3, -0.25) is 4.79 Å². The van der Waals surface area contributed by atoms with Crippen molar-refractivity contribution in [1.82, 2.24) is 14.3 Å². The molecule has 31 heavy (non-hydrogen) atoms. The number of amides is 1. The lowest BCUT2D eigenvalue weighted by Crippen LogP contribution is -2.31. The van der Waals surface area contributed by atoms with Gasteiger partial charge in [-0.1, -0.05) is 29.3 Å². The molecule has 0 radical (unpaired) electrons. The van der Waals surface area contributed by atoms with E-state index in [0.29, 0.717) is 12.1 Å². The molecule has 1 amide bonds. The van der Waals surface area contributed by atoms with Gasteiger partial charge in [-0.25, -0.2) is 22.5 Å². The fourth-order valence-electron chi connectivity index (χ4n) is 2.69. The van der Waals surface area contributed by atoms with Gasteiger partial charge >= 0.3 is 6.18 Å². The fourth-order valence-corrected chi connectivity index (χ4v) is 4.79. The van der Waals surface area contributed by atoms with E-state index in [1.807, 2.05) is 0 Å². The van der Waals surface area contributed by atoms with Gasteiger partial charge in [-0.15, -0.1) is 0 Å². The molecule has 0 unspecified atom stereocenters. The molecule has 6 nitrogen and oxygen atoms in total. The average molecular weight is 496 g/mol. The molecular formula is C18H11Cl2F4N3O3S. The number of carbonyl (C=O) groups is 1. The van der Waals surface area contributed by atoms with E-state index >= 15 is 0 Å². The van der Waals surface area contributed by atoms with Crippen LogP contribution in [0.3, 0.4) is 0 Å². The Kier molecular flexibility index (Phi) is 6.05. The summed E-state index contributed by atoms with van der Waals surface area (Å²) in [5.74, 6) is -2.33. The van der Waals surface area contributed by atoms with Crippen LogP contribution in [0.15, 0.2) is 47.5 Å². The maximum atomic E-state index is 13.7. The number of hydrogen-bond donors (Lipinski definition) is 1. The molecule has 2 aromatic carbocycles. The molecule has 0 saturated heterocycles. The minimum absolute atomic E-state index is 0.0112. The fraction of sp³-hybridized carbons (Fsp3) is 0.111. The Morgan fingerprint density at radius 1 is 1.13 bits per heavy atom. The van der Waals surface area contributed by atoms with Gasteiger partial charge in [0.25, 0.3) is 15.9 Å². The van der Waals surface area contributed by atoms with Crippen molar-refractivity contribution in [3.8, 4) is 5.69 Å². The number of aromatic nitrogens is 2. The number of aryl methyl sites for hydroxylation is 1. The van der Waals surface area contributed by atoms with E-state index in [0.717, 1.165) is 16.8 Å². The van der Waals surface area contributed by atoms with Crippen LogP contribution >= 0.6 is 23.2 Å². The summed E-state index contributed by atoms with van der Waals surface area (Å²) in [6.45, 7) is 1.34. The van der Waals surface area contributed by atoms with Crippen molar-refractivity contribution in [3.63, 3.8) is 0 Å². The third-order valence-corrected chi connectivity index (χ3v) is 6.30. The third-order valence-electron chi connectivity index (χ3n) is 4.02. The molecule has 3 aromatic rings. The highest BCUT2D eigenvalue weighted by molar-refractivity contribution is 7.90. The lowest BCUT2D eigenvalue weighted by atomic mass is 10.2. The predicted octanol–water partition coefficient (Wildman–Crippen LogP) is 4.76. The number of benzene rings is 2. The summed E-state index contributed by atoms with van der Waals surface area (Å²) in [5.41, 5.74) is -1.94. The van der Waals surface area contributed by atoms with E-state index < -0.39 is 44.1 Å². The van der Waals surface area contributed by atoms with Gasteiger partial charge in [0.05, 0.1) is 21.3 Å². The van der Waals surface area contributed by atoms with Crippen LogP contribution in [0.5, 0.6) is 0 Å². The number of rotatable bonds is 4. The second-order valence-corrected chi connectivity index (χ2v) is 8.66. The Labute approximate surface area is 183 Å². The van der Waals surface area contributed by atoms with Crippen molar-refractivity contribution in [2.75, 3.05) is 0 Å². The van der Waals surface area contributed by atoms with E-state index in [-0.39, 0.29) is 21.6 Å². The van der Waals surface area contributed by atoms with Crippen molar-refractivity contribution in [2.24, 2.45) is 0 Å². The normalized spacial score (nSPS) is 12.1. The SMILES string of the molecule is Cc1nc(C(=O)NS(=O)(=O)c2c(Cl)cccc2Cl)cn1-c1cc(F)cc(C(F)(F)F)c1. The average Bonchev–Trinajstić information content (AvgIpc) is 3.01. The Hall–Kier alpha value is -2.63. The van der Waals surface area contributed by atoms with E-state index in [2.05, 4.69) is 4.98 Å². The van der Waals surface area contributed by atoms with Crippen LogP contribution in [0.1, 0.15) is 21.9 Å². The first-order valence-electron chi connectivity index (χ1n) is 8.25. The number of sulfonamides is 1. The highest BCUT2D eigenvalue weighted by Crippen LogP contribution is 2.32. The summed E-state index contributed by atoms with van der Waals surface area (Å²) in [4.78, 5) is 15.8. The first kappa shape index (κ1) is 23.0. The molecule has 1 N–H and O–H groups in total. The summed E-state index contributed by atoms with van der Waals surface area (Å²) in [5, 5.41) is -0.456. The first-order valence-corrected chi connectivity index (χ1v) is 10.5. The predicted molar refractivity (Wildman–Crippen MR) is 104 cm³/mol. The van der Waals surface area contributed by atoms with Gasteiger partial charge < -0.3 is 4.57 Å². The minimum atomic E-state index is -4.80. The van der Waals surface area contributed by atoms with Crippen LogP contribution in [0.2, 0.25) is 10.0 Å². The summed E-state index contributed by atoms with van der Waals surface area (Å²) in [6, 6.07) is 5.72. The zero-order chi connectivity index (χ0) is 23.1. The highest BCUT2D eigenvalue weighted by atomic mass is 35.5. The van der Waals surface area contributed by atoms with Crippen LogP contribution < -0.4 is 4.72 Å². The smallest absolute Gasteiger partial charge is 0.303 e. The van der Waals surface area contributed by atoms with Crippen molar-refractivity contribution < 1.29 is 30.8 Å². The molecule has 164 valence electrons. The summed E-state index contributed by atoms with van der Waals surface area (Å²) in [7, 11) is -4.49. The van der Waals surface area contributed by atoms with Crippen molar-refractivity contribution >= 4 is 39.1 Å². The molecule has 3 rings (SSSR count). The summed E-state index contributed by atoms with van der Waals surface area (Å²) < 4.78 is 80.4. The lowest BCUT2D eigenvalue weighted by Gasteiger charge is -2.11. The van der Waals surface area contributed by atoms with Crippen LogP contribution in [-0.2, 0) is 16.2 Å². The second kappa shape index (κ2) is 8.13. The molecule has 0 fully saturated rings. The van der Waals surface area contributed by atoms with E-state index in [1.165, 1.54) is 25.1 Å². The second-order valence-electron chi connectivity index (χ2n) is 6.22. The molecule has 0 aliphatic rings. The Morgan fingerprint density at radius 3 is 2.32 bits per heavy atom. The van der Waals surface area contributed by atoms with Gasteiger partial charge in [0, 0.05) is 6.20 Å². The molecule has 0 spiro atoms.